The fourth-order valence-corrected chi connectivity index (χ4v) is 2.58. The van der Waals surface area contributed by atoms with E-state index in [0.717, 1.165) is 19.0 Å². The Morgan fingerprint density at radius 2 is 2.24 bits per heavy atom. The summed E-state index contributed by atoms with van der Waals surface area (Å²) < 4.78 is 5.11. The van der Waals surface area contributed by atoms with E-state index in [1.54, 1.807) is 12.0 Å². The zero-order valence-corrected chi connectivity index (χ0v) is 12.4. The van der Waals surface area contributed by atoms with Crippen LogP contribution < -0.4 is 0 Å². The number of nitro groups is 1. The fraction of sp³-hybridized carbons (Fsp3) is 0.538. The normalized spacial score (nSPS) is 16.0. The number of pyridine rings is 1. The molecular formula is C13H16ClN3O4. The number of hydrogen-bond donors (Lipinski definition) is 0. The lowest BCUT2D eigenvalue weighted by Crippen LogP contribution is -2.39. The molecule has 1 aliphatic heterocycles. The topological polar surface area (TPSA) is 85.6 Å². The van der Waals surface area contributed by atoms with Gasteiger partial charge in [0.15, 0.2) is 0 Å². The molecule has 1 fully saturated rings. The van der Waals surface area contributed by atoms with E-state index >= 15 is 0 Å². The molecule has 2 rings (SSSR count). The Morgan fingerprint density at radius 1 is 1.57 bits per heavy atom. The average Bonchev–Trinajstić information content (AvgIpc) is 2.48. The maximum Gasteiger partial charge on any atom is 0.288 e. The number of rotatable bonds is 4. The maximum absolute atomic E-state index is 12.4. The van der Waals surface area contributed by atoms with Gasteiger partial charge in [-0.3, -0.25) is 14.9 Å². The van der Waals surface area contributed by atoms with Crippen LogP contribution in [0.1, 0.15) is 23.2 Å². The highest BCUT2D eigenvalue weighted by Crippen LogP contribution is 2.24. The first kappa shape index (κ1) is 15.7. The molecular weight excluding hydrogens is 298 g/mol. The Labute approximate surface area is 127 Å². The summed E-state index contributed by atoms with van der Waals surface area (Å²) in [4.78, 5) is 27.9. The van der Waals surface area contributed by atoms with Gasteiger partial charge in [0.1, 0.15) is 11.3 Å². The van der Waals surface area contributed by atoms with E-state index in [1.807, 2.05) is 0 Å². The van der Waals surface area contributed by atoms with Gasteiger partial charge >= 0.3 is 0 Å². The molecule has 0 N–H and O–H groups in total. The van der Waals surface area contributed by atoms with Gasteiger partial charge in [-0.15, -0.1) is 0 Å². The molecule has 0 spiro atoms. The number of halogens is 1. The molecule has 21 heavy (non-hydrogen) atoms. The minimum atomic E-state index is -0.592. The summed E-state index contributed by atoms with van der Waals surface area (Å²) in [5.41, 5.74) is -0.159. The Morgan fingerprint density at radius 3 is 2.81 bits per heavy atom. The number of carbonyl (C=O) groups is 1. The van der Waals surface area contributed by atoms with Crippen molar-refractivity contribution in [2.75, 3.05) is 26.8 Å². The Hall–Kier alpha value is -1.73. The summed E-state index contributed by atoms with van der Waals surface area (Å²) in [6.07, 6.45) is 2.74. The van der Waals surface area contributed by atoms with Gasteiger partial charge in [0.05, 0.1) is 10.5 Å². The molecule has 0 atom stereocenters. The first-order valence-corrected chi connectivity index (χ1v) is 6.99. The van der Waals surface area contributed by atoms with Crippen molar-refractivity contribution in [3.8, 4) is 0 Å². The summed E-state index contributed by atoms with van der Waals surface area (Å²) >= 11 is 5.89. The number of likely N-dealkylation sites (tertiary alicyclic amines) is 1. The maximum atomic E-state index is 12.4. The lowest BCUT2D eigenvalue weighted by Gasteiger charge is -2.31. The Balaban J connectivity index is 2.10. The van der Waals surface area contributed by atoms with Gasteiger partial charge in [0, 0.05) is 32.9 Å². The van der Waals surface area contributed by atoms with Crippen LogP contribution in [0.5, 0.6) is 0 Å². The molecule has 7 nitrogen and oxygen atoms in total. The largest absolute Gasteiger partial charge is 0.384 e. The number of aromatic nitrogens is 1. The van der Waals surface area contributed by atoms with Crippen molar-refractivity contribution in [2.45, 2.75) is 12.8 Å². The molecule has 1 amide bonds. The van der Waals surface area contributed by atoms with Crippen LogP contribution in [0.4, 0.5) is 5.69 Å². The molecule has 114 valence electrons. The second kappa shape index (κ2) is 6.82. The number of piperidine rings is 1. The monoisotopic (exact) mass is 313 g/mol. The van der Waals surface area contributed by atoms with Crippen molar-refractivity contribution in [2.24, 2.45) is 5.92 Å². The number of hydrogen-bond acceptors (Lipinski definition) is 5. The van der Waals surface area contributed by atoms with Gasteiger partial charge in [-0.05, 0) is 18.8 Å². The molecule has 1 aromatic rings. The summed E-state index contributed by atoms with van der Waals surface area (Å²) in [5, 5.41) is 10.8. The SMILES string of the molecule is COCC1CCN(C(=O)c2cc([N+](=O)[O-])cnc2Cl)CC1. The van der Waals surface area contributed by atoms with Crippen molar-refractivity contribution in [3.05, 3.63) is 33.1 Å². The predicted octanol–water partition coefficient (Wildman–Crippen LogP) is 2.14. The summed E-state index contributed by atoms with van der Waals surface area (Å²) in [7, 11) is 1.66. The van der Waals surface area contributed by atoms with Gasteiger partial charge in [-0.25, -0.2) is 4.98 Å². The Kier molecular flexibility index (Phi) is 5.08. The number of nitrogens with zero attached hydrogens (tertiary/aromatic N) is 3. The molecule has 0 radical (unpaired) electrons. The number of amides is 1. The lowest BCUT2D eigenvalue weighted by molar-refractivity contribution is -0.385. The molecule has 1 aliphatic rings. The van der Waals surface area contributed by atoms with Gasteiger partial charge in [0.25, 0.3) is 11.6 Å². The fourth-order valence-electron chi connectivity index (χ4n) is 2.40. The third-order valence-electron chi connectivity index (χ3n) is 3.57. The number of methoxy groups -OCH3 is 1. The second-order valence-electron chi connectivity index (χ2n) is 4.98. The van der Waals surface area contributed by atoms with E-state index in [1.165, 1.54) is 6.07 Å². The standard InChI is InChI=1S/C13H16ClN3O4/c1-21-8-9-2-4-16(5-3-9)13(18)11-6-10(17(19)20)7-15-12(11)14/h6-7,9H,2-5,8H2,1H3. The molecule has 0 saturated carbocycles. The minimum Gasteiger partial charge on any atom is -0.384 e. The highest BCUT2D eigenvalue weighted by atomic mass is 35.5. The third-order valence-corrected chi connectivity index (χ3v) is 3.87. The van der Waals surface area contributed by atoms with Crippen LogP contribution in [-0.2, 0) is 4.74 Å². The number of ether oxygens (including phenoxy) is 1. The van der Waals surface area contributed by atoms with Gasteiger partial charge in [-0.1, -0.05) is 11.6 Å². The zero-order valence-electron chi connectivity index (χ0n) is 11.6. The second-order valence-corrected chi connectivity index (χ2v) is 5.34. The van der Waals surface area contributed by atoms with Crippen LogP contribution in [0.25, 0.3) is 0 Å². The highest BCUT2D eigenvalue weighted by molar-refractivity contribution is 6.32. The van der Waals surface area contributed by atoms with Crippen LogP contribution in [0.15, 0.2) is 12.3 Å². The quantitative estimate of drug-likeness (QED) is 0.483. The van der Waals surface area contributed by atoms with Crippen LogP contribution in [0.2, 0.25) is 5.15 Å². The van der Waals surface area contributed by atoms with Crippen molar-refractivity contribution in [1.82, 2.24) is 9.88 Å². The lowest BCUT2D eigenvalue weighted by atomic mass is 9.97. The van der Waals surface area contributed by atoms with E-state index in [9.17, 15) is 14.9 Å². The van der Waals surface area contributed by atoms with Gasteiger partial charge in [-0.2, -0.15) is 0 Å². The van der Waals surface area contributed by atoms with Crippen LogP contribution >= 0.6 is 11.6 Å². The molecule has 0 bridgehead atoms. The average molecular weight is 314 g/mol. The first-order chi connectivity index (χ1) is 10.0. The van der Waals surface area contributed by atoms with Gasteiger partial charge in [0.2, 0.25) is 0 Å². The first-order valence-electron chi connectivity index (χ1n) is 6.61. The number of carbonyl (C=O) groups excluding carboxylic acids is 1. The highest BCUT2D eigenvalue weighted by Gasteiger charge is 2.26. The smallest absolute Gasteiger partial charge is 0.288 e. The molecule has 1 saturated heterocycles. The van der Waals surface area contributed by atoms with E-state index < -0.39 is 4.92 Å². The van der Waals surface area contributed by atoms with Crippen molar-refractivity contribution < 1.29 is 14.5 Å². The third kappa shape index (κ3) is 3.68. The molecule has 1 aromatic heterocycles. The summed E-state index contributed by atoms with van der Waals surface area (Å²) in [6, 6.07) is 1.18. The molecule has 0 aromatic carbocycles. The van der Waals surface area contributed by atoms with E-state index in [4.69, 9.17) is 16.3 Å². The van der Waals surface area contributed by atoms with E-state index in [2.05, 4.69) is 4.98 Å². The molecule has 0 unspecified atom stereocenters. The molecule has 2 heterocycles. The molecule has 8 heteroatoms. The van der Waals surface area contributed by atoms with Crippen LogP contribution in [0, 0.1) is 16.0 Å². The van der Waals surface area contributed by atoms with Gasteiger partial charge < -0.3 is 9.64 Å². The Bertz CT molecular complexity index is 544. The minimum absolute atomic E-state index is 0.00962. The van der Waals surface area contributed by atoms with Crippen LogP contribution in [-0.4, -0.2) is 47.5 Å². The summed E-state index contributed by atoms with van der Waals surface area (Å²) in [5.74, 6) is 0.129. The summed E-state index contributed by atoms with van der Waals surface area (Å²) in [6.45, 7) is 1.86. The molecule has 0 aliphatic carbocycles. The van der Waals surface area contributed by atoms with Crippen molar-refractivity contribution in [3.63, 3.8) is 0 Å². The van der Waals surface area contributed by atoms with E-state index in [0.29, 0.717) is 25.6 Å². The predicted molar refractivity (Wildman–Crippen MR) is 76.4 cm³/mol. The van der Waals surface area contributed by atoms with Crippen LogP contribution in [0.3, 0.4) is 0 Å². The van der Waals surface area contributed by atoms with Crippen molar-refractivity contribution >= 4 is 23.2 Å². The van der Waals surface area contributed by atoms with E-state index in [-0.39, 0.29) is 22.3 Å². The zero-order chi connectivity index (χ0) is 15.4. The van der Waals surface area contributed by atoms with Crippen molar-refractivity contribution in [1.29, 1.82) is 0 Å².